The van der Waals surface area contributed by atoms with Gasteiger partial charge in [0.1, 0.15) is 11.9 Å². The number of nitrogens with zero attached hydrogens (tertiary/aromatic N) is 2. The molecule has 0 saturated carbocycles. The van der Waals surface area contributed by atoms with Gasteiger partial charge in [0.2, 0.25) is 11.0 Å². The number of carboxylic acids is 1. The third-order valence-electron chi connectivity index (χ3n) is 5.36. The van der Waals surface area contributed by atoms with Crippen LogP contribution in [-0.2, 0) is 27.3 Å². The van der Waals surface area contributed by atoms with Crippen molar-refractivity contribution in [2.45, 2.75) is 25.4 Å². The standard InChI is InChI=1S/C26H23N5O5S2/c32-23(31-21(26(36)37)12-24(33)34)11-17-9-10-18(38-17)13-28-25(35)15-5-7-16(8-6-15)29-22-14-27-19-3-1-2-4-20(19)30-22/h1-10,14,21H,11-13H2,(H,28,35)(H,29,30)(H,31,32)(H,33,34)(H,36,37)/t21-/m0/s1. The number of nitrogens with one attached hydrogen (secondary N) is 3. The fourth-order valence-electron chi connectivity index (χ4n) is 3.53. The highest BCUT2D eigenvalue weighted by molar-refractivity contribution is 7.96. The maximum atomic E-state index is 12.6. The van der Waals surface area contributed by atoms with E-state index < -0.39 is 29.5 Å². The van der Waals surface area contributed by atoms with Crippen LogP contribution in [0.25, 0.3) is 11.0 Å². The predicted molar refractivity (Wildman–Crippen MR) is 147 cm³/mol. The Bertz CT molecular complexity index is 1490. The Morgan fingerprint density at radius 3 is 2.37 bits per heavy atom. The van der Waals surface area contributed by atoms with Gasteiger partial charge >= 0.3 is 5.97 Å². The van der Waals surface area contributed by atoms with Crippen molar-refractivity contribution in [3.8, 4) is 0 Å². The lowest BCUT2D eigenvalue weighted by molar-refractivity contribution is -0.139. The Hall–Kier alpha value is -4.29. The van der Waals surface area contributed by atoms with Crippen LogP contribution in [0.2, 0.25) is 0 Å². The molecule has 10 nitrogen and oxygen atoms in total. The molecule has 0 aliphatic rings. The molecule has 0 aliphatic heterocycles. The van der Waals surface area contributed by atoms with Crippen LogP contribution in [0.4, 0.5) is 11.5 Å². The third-order valence-corrected chi connectivity index (χ3v) is 6.75. The summed E-state index contributed by atoms with van der Waals surface area (Å²) in [6.45, 7) is 0.272. The van der Waals surface area contributed by atoms with Crippen molar-refractivity contribution in [2.24, 2.45) is 0 Å². The normalized spacial score (nSPS) is 11.5. The highest BCUT2D eigenvalue weighted by Crippen LogP contribution is 2.19. The summed E-state index contributed by atoms with van der Waals surface area (Å²) in [5, 5.41) is 16.5. The molecule has 2 amide bonds. The van der Waals surface area contributed by atoms with E-state index in [0.29, 0.717) is 16.3 Å². The van der Waals surface area contributed by atoms with Crippen molar-refractivity contribution in [3.05, 3.63) is 82.2 Å². The summed E-state index contributed by atoms with van der Waals surface area (Å²) in [5.74, 6) is -1.35. The zero-order valence-corrected chi connectivity index (χ0v) is 21.6. The van der Waals surface area contributed by atoms with Crippen LogP contribution in [-0.4, -0.2) is 44.0 Å². The number of para-hydroxylation sites is 2. The van der Waals surface area contributed by atoms with Gasteiger partial charge in [-0.1, -0.05) is 12.1 Å². The summed E-state index contributed by atoms with van der Waals surface area (Å²) in [4.78, 5) is 57.5. The minimum Gasteiger partial charge on any atom is -0.481 e. The van der Waals surface area contributed by atoms with Gasteiger partial charge in [0.15, 0.2) is 0 Å². The Labute approximate surface area is 226 Å². The lowest BCUT2D eigenvalue weighted by atomic mass is 10.2. The maximum absolute atomic E-state index is 12.6. The van der Waals surface area contributed by atoms with Crippen LogP contribution in [0.5, 0.6) is 0 Å². The molecule has 4 aromatic rings. The van der Waals surface area contributed by atoms with Crippen molar-refractivity contribution < 1.29 is 24.3 Å². The molecule has 0 bridgehead atoms. The van der Waals surface area contributed by atoms with Crippen LogP contribution >= 0.6 is 24.0 Å². The average Bonchev–Trinajstić information content (AvgIpc) is 3.34. The molecule has 0 spiro atoms. The highest BCUT2D eigenvalue weighted by Gasteiger charge is 2.21. The average molecular weight is 550 g/mol. The number of thiol groups is 1. The van der Waals surface area contributed by atoms with Crippen molar-refractivity contribution in [3.63, 3.8) is 0 Å². The van der Waals surface area contributed by atoms with E-state index in [1.807, 2.05) is 24.3 Å². The van der Waals surface area contributed by atoms with Gasteiger partial charge in [-0.15, -0.1) is 24.0 Å². The SMILES string of the molecule is O=C(O)C[C@H](NC(=O)Cc1ccc(CNC(=O)c2ccc(Nc3cnc4ccccc4n3)cc2)s1)C(=O)S. The summed E-state index contributed by atoms with van der Waals surface area (Å²) in [5.41, 5.74) is 2.83. The number of hydrogen-bond donors (Lipinski definition) is 5. The second-order valence-electron chi connectivity index (χ2n) is 8.23. The molecule has 0 radical (unpaired) electrons. The fraction of sp³-hybridized carbons (Fsp3) is 0.154. The molecule has 38 heavy (non-hydrogen) atoms. The van der Waals surface area contributed by atoms with Gasteiger partial charge in [0, 0.05) is 21.0 Å². The van der Waals surface area contributed by atoms with Crippen LogP contribution in [0.15, 0.2) is 66.9 Å². The van der Waals surface area contributed by atoms with Gasteiger partial charge in [0.05, 0.1) is 36.6 Å². The Morgan fingerprint density at radius 1 is 0.947 bits per heavy atom. The summed E-state index contributed by atoms with van der Waals surface area (Å²) in [6, 6.07) is 16.9. The van der Waals surface area contributed by atoms with E-state index in [-0.39, 0.29) is 18.9 Å². The lowest BCUT2D eigenvalue weighted by Gasteiger charge is -2.12. The van der Waals surface area contributed by atoms with E-state index in [9.17, 15) is 19.2 Å². The van der Waals surface area contributed by atoms with Crippen LogP contribution in [0.3, 0.4) is 0 Å². The first-order chi connectivity index (χ1) is 18.3. The summed E-state index contributed by atoms with van der Waals surface area (Å²) in [7, 11) is 0. The third kappa shape index (κ3) is 7.37. The number of carbonyl (C=O) groups excluding carboxylic acids is 3. The van der Waals surface area contributed by atoms with Crippen molar-refractivity contribution >= 4 is 69.4 Å². The topological polar surface area (TPSA) is 150 Å². The Kier molecular flexibility index (Phi) is 8.66. The summed E-state index contributed by atoms with van der Waals surface area (Å²) in [6.07, 6.45) is 1.09. The smallest absolute Gasteiger partial charge is 0.305 e. The molecule has 1 atom stereocenters. The number of aromatic nitrogens is 2. The summed E-state index contributed by atoms with van der Waals surface area (Å²) >= 11 is 4.96. The predicted octanol–water partition coefficient (Wildman–Crippen LogP) is 3.32. The first-order valence-corrected chi connectivity index (χ1v) is 12.7. The zero-order valence-electron chi connectivity index (χ0n) is 19.9. The van der Waals surface area contributed by atoms with E-state index in [0.717, 1.165) is 21.6 Å². The Balaban J connectivity index is 1.27. The minimum absolute atomic E-state index is 0.0220. The van der Waals surface area contributed by atoms with Crippen LogP contribution in [0.1, 0.15) is 26.5 Å². The van der Waals surface area contributed by atoms with Gasteiger partial charge in [-0.3, -0.25) is 24.2 Å². The van der Waals surface area contributed by atoms with E-state index in [2.05, 4.69) is 38.5 Å². The number of benzene rings is 2. The van der Waals surface area contributed by atoms with E-state index in [4.69, 9.17) is 5.11 Å². The second kappa shape index (κ2) is 12.3. The number of carbonyl (C=O) groups is 4. The van der Waals surface area contributed by atoms with Gasteiger partial charge in [-0.2, -0.15) is 0 Å². The number of aliphatic carboxylic acids is 1. The molecule has 4 rings (SSSR count). The van der Waals surface area contributed by atoms with Gasteiger partial charge in [-0.05, 0) is 48.5 Å². The van der Waals surface area contributed by atoms with E-state index in [1.54, 1.807) is 42.6 Å². The quantitative estimate of drug-likeness (QED) is 0.179. The Morgan fingerprint density at radius 2 is 1.66 bits per heavy atom. The molecular formula is C26H23N5O5S2. The molecule has 0 fully saturated rings. The largest absolute Gasteiger partial charge is 0.481 e. The molecule has 2 heterocycles. The molecule has 0 saturated heterocycles. The first kappa shape index (κ1) is 26.8. The van der Waals surface area contributed by atoms with Crippen molar-refractivity contribution in [1.29, 1.82) is 0 Å². The molecular weight excluding hydrogens is 526 g/mol. The molecule has 12 heteroatoms. The number of fused-ring (bicyclic) bond motifs is 1. The monoisotopic (exact) mass is 549 g/mol. The zero-order chi connectivity index (χ0) is 27.1. The van der Waals surface area contributed by atoms with Crippen molar-refractivity contribution in [2.75, 3.05) is 5.32 Å². The minimum atomic E-state index is -1.21. The van der Waals surface area contributed by atoms with Crippen molar-refractivity contribution in [1.82, 2.24) is 20.6 Å². The first-order valence-electron chi connectivity index (χ1n) is 11.5. The molecule has 0 aliphatic carbocycles. The number of thiophene rings is 1. The van der Waals surface area contributed by atoms with Gasteiger partial charge in [-0.25, -0.2) is 4.98 Å². The number of rotatable bonds is 11. The highest BCUT2D eigenvalue weighted by atomic mass is 32.1. The number of amides is 2. The number of hydrogen-bond acceptors (Lipinski definition) is 8. The van der Waals surface area contributed by atoms with Crippen LogP contribution < -0.4 is 16.0 Å². The molecule has 0 unspecified atom stereocenters. The van der Waals surface area contributed by atoms with Crippen LogP contribution in [0, 0.1) is 0 Å². The molecule has 2 aromatic heterocycles. The molecule has 194 valence electrons. The molecule has 2 aromatic carbocycles. The number of anilines is 2. The second-order valence-corrected chi connectivity index (χ2v) is 9.92. The molecule has 4 N–H and O–H groups in total. The summed E-state index contributed by atoms with van der Waals surface area (Å²) < 4.78 is 0. The lowest BCUT2D eigenvalue weighted by Crippen LogP contribution is -2.41. The van der Waals surface area contributed by atoms with E-state index >= 15 is 0 Å². The van der Waals surface area contributed by atoms with E-state index in [1.165, 1.54) is 11.3 Å². The fourth-order valence-corrected chi connectivity index (χ4v) is 4.64. The van der Waals surface area contributed by atoms with Gasteiger partial charge < -0.3 is 21.1 Å². The maximum Gasteiger partial charge on any atom is 0.305 e. The van der Waals surface area contributed by atoms with Gasteiger partial charge in [0.25, 0.3) is 5.91 Å². The number of carboxylic acid groups (broad SMARTS) is 1.